The molecule has 0 aromatic heterocycles. The Morgan fingerprint density at radius 1 is 0.710 bits per heavy atom. The maximum Gasteiger partial charge on any atom is 0.293 e. The number of halogens is 1. The van der Waals surface area contributed by atoms with Crippen LogP contribution in [0, 0.1) is 12.4 Å². The van der Waals surface area contributed by atoms with Crippen molar-refractivity contribution in [2.24, 2.45) is 0 Å². The number of amides is 4. The van der Waals surface area contributed by atoms with Crippen LogP contribution in [-0.4, -0.2) is 88.0 Å². The van der Waals surface area contributed by atoms with E-state index in [1.165, 1.54) is 0 Å². The maximum atomic E-state index is 12.5. The second kappa shape index (κ2) is 11.1. The van der Waals surface area contributed by atoms with Crippen LogP contribution in [0.2, 0.25) is 0 Å². The zero-order valence-corrected chi connectivity index (χ0v) is 20.5. The van der Waals surface area contributed by atoms with Crippen molar-refractivity contribution in [2.75, 3.05) is 55.4 Å². The van der Waals surface area contributed by atoms with E-state index in [2.05, 4.69) is 27.0 Å². The van der Waals surface area contributed by atoms with Crippen molar-refractivity contribution in [1.82, 2.24) is 27.0 Å². The Balaban J connectivity index is 0.00000900. The van der Waals surface area contributed by atoms with Gasteiger partial charge in [0.05, 0.1) is 54.7 Å². The molecule has 0 aromatic carbocycles. The molecule has 0 atom stereocenters. The van der Waals surface area contributed by atoms with E-state index in [9.17, 15) is 19.2 Å². The molecule has 1 aliphatic rings. The smallest absolute Gasteiger partial charge is 0.293 e. The number of hydrogen-bond acceptors (Lipinski definition) is 5. The number of dihydropyridines is 1. The number of hydrazine groups is 2. The van der Waals surface area contributed by atoms with Crippen LogP contribution in [0.3, 0.4) is 0 Å². The fourth-order valence-electron chi connectivity index (χ4n) is 2.72. The molecule has 0 saturated carbocycles. The Morgan fingerprint density at radius 2 is 1.03 bits per heavy atom. The van der Waals surface area contributed by atoms with E-state index in [0.29, 0.717) is 31.5 Å². The predicted octanol–water partition coefficient (Wildman–Crippen LogP) is -2.30. The number of nitrogens with one attached hydrogen (secondary N) is 5. The maximum absolute atomic E-state index is 12.5. The summed E-state index contributed by atoms with van der Waals surface area (Å²) in [5.41, 5.74) is 11.3. The minimum atomic E-state index is -0.512. The summed E-state index contributed by atoms with van der Waals surface area (Å²) in [7, 11) is 11.1. The Morgan fingerprint density at radius 3 is 1.32 bits per heavy atom. The lowest BCUT2D eigenvalue weighted by atomic mass is 9.97. The third-order valence-corrected chi connectivity index (χ3v) is 4.05. The van der Waals surface area contributed by atoms with E-state index in [4.69, 9.17) is 0 Å². The Kier molecular flexibility index (Phi) is 10.2. The van der Waals surface area contributed by atoms with Crippen molar-refractivity contribution >= 4 is 23.6 Å². The van der Waals surface area contributed by atoms with Crippen LogP contribution in [-0.2, 0) is 19.2 Å². The average Bonchev–Trinajstić information content (AvgIpc) is 2.54. The topological polar surface area (TPSA) is 128 Å². The summed E-state index contributed by atoms with van der Waals surface area (Å²) in [4.78, 5) is 48.9. The molecule has 1 aliphatic heterocycles. The molecule has 4 amide bonds. The lowest BCUT2D eigenvalue weighted by Gasteiger charge is -2.25. The fourth-order valence-corrected chi connectivity index (χ4v) is 2.72. The lowest BCUT2D eigenvalue weighted by Crippen LogP contribution is -2.51. The third kappa shape index (κ3) is 10.3. The first-order valence-electron chi connectivity index (χ1n) is 9.55. The van der Waals surface area contributed by atoms with Gasteiger partial charge >= 0.3 is 0 Å². The van der Waals surface area contributed by atoms with Crippen LogP contribution in [0.1, 0.15) is 20.3 Å². The first-order valence-corrected chi connectivity index (χ1v) is 9.55. The normalized spacial score (nSPS) is 14.2. The molecular formula is C19H37ClN7O4+3. The zero-order valence-electron chi connectivity index (χ0n) is 19.6. The summed E-state index contributed by atoms with van der Waals surface area (Å²) in [6.07, 6.45) is 0.0543. The number of likely N-dealkylation sites (N-methyl/N-ethyl adjacent to an activating group) is 2. The number of hydrogen-bond donors (Lipinski definition) is 5. The van der Waals surface area contributed by atoms with E-state index >= 15 is 0 Å². The van der Waals surface area contributed by atoms with Gasteiger partial charge in [0.2, 0.25) is 0 Å². The summed E-state index contributed by atoms with van der Waals surface area (Å²) in [6.45, 7) is 3.81. The van der Waals surface area contributed by atoms with Gasteiger partial charge in [-0.3, -0.25) is 40.9 Å². The molecule has 0 bridgehead atoms. The minimum Gasteiger partial charge on any atom is -0.362 e. The molecule has 5 N–H and O–H groups in total. The predicted molar refractivity (Wildman–Crippen MR) is 114 cm³/mol. The lowest BCUT2D eigenvalue weighted by molar-refractivity contribution is -0.862. The highest BCUT2D eigenvalue weighted by Crippen LogP contribution is 2.22. The zero-order chi connectivity index (χ0) is 23.3. The monoisotopic (exact) mass is 462 g/mol. The fraction of sp³-hybridized carbons (Fsp3) is 0.579. The van der Waals surface area contributed by atoms with Gasteiger partial charge in [-0.2, -0.15) is 0 Å². The van der Waals surface area contributed by atoms with Gasteiger partial charge in [0, 0.05) is 29.0 Å². The molecule has 0 fully saturated rings. The standard InChI is InChI=1S/C19H33N7O4.ClH2/c1-12-14(18(29)23-21-16(27)10-25(3,4)5)9-15(13(2)20-12)19(30)24-22-17(28)11-26(6,7)8;/h9-11H2,1-8H3,(H3-2,20,21,22,23,24,27,28,29,30);1H2/q;+1/p+2. The summed E-state index contributed by atoms with van der Waals surface area (Å²) < 4.78 is 0.827. The van der Waals surface area contributed by atoms with Gasteiger partial charge in [0.25, 0.3) is 23.6 Å². The molecule has 0 unspecified atom stereocenters. The molecule has 176 valence electrons. The van der Waals surface area contributed by atoms with Gasteiger partial charge in [0.15, 0.2) is 13.1 Å². The van der Waals surface area contributed by atoms with Crippen LogP contribution in [0.15, 0.2) is 22.5 Å². The molecular weight excluding hydrogens is 426 g/mol. The number of carbonyl (C=O) groups is 4. The second-order valence-corrected chi connectivity index (χ2v) is 9.41. The molecule has 11 nitrogen and oxygen atoms in total. The van der Waals surface area contributed by atoms with Crippen LogP contribution < -0.4 is 27.0 Å². The van der Waals surface area contributed by atoms with Crippen LogP contribution in [0.5, 0.6) is 0 Å². The third-order valence-electron chi connectivity index (χ3n) is 4.05. The minimum absolute atomic E-state index is 0. The molecule has 1 heterocycles. The molecule has 0 radical (unpaired) electrons. The van der Waals surface area contributed by atoms with Gasteiger partial charge in [0.1, 0.15) is 0 Å². The highest BCUT2D eigenvalue weighted by atomic mass is 35.5. The SMILES string of the molecule is CC1=C(C(=O)NNC(=O)C[N+](C)(C)C)CC(C(=O)NNC(=O)C[N+](C)(C)C)=C(C)N1.[ClH2+]. The number of nitrogens with zero attached hydrogens (tertiary/aromatic N) is 2. The summed E-state index contributed by atoms with van der Waals surface area (Å²) in [5.74, 6) is -1.69. The highest BCUT2D eigenvalue weighted by molar-refractivity contribution is 6.01. The molecule has 0 aliphatic carbocycles. The first kappa shape index (κ1) is 28.4. The Hall–Kier alpha value is -2.63. The number of quaternary nitrogens is 2. The molecule has 12 heteroatoms. The van der Waals surface area contributed by atoms with E-state index in [1.807, 2.05) is 42.3 Å². The number of allylic oxidation sites excluding steroid dienone is 2. The van der Waals surface area contributed by atoms with Crippen LogP contribution >= 0.6 is 0 Å². The molecule has 0 spiro atoms. The second-order valence-electron chi connectivity index (χ2n) is 9.41. The summed E-state index contributed by atoms with van der Waals surface area (Å²) >= 11 is 0. The number of rotatable bonds is 6. The van der Waals surface area contributed by atoms with Gasteiger partial charge in [-0.05, 0) is 13.8 Å². The van der Waals surface area contributed by atoms with Gasteiger partial charge < -0.3 is 14.3 Å². The molecule has 31 heavy (non-hydrogen) atoms. The van der Waals surface area contributed by atoms with E-state index in [-0.39, 0.29) is 43.7 Å². The highest BCUT2D eigenvalue weighted by Gasteiger charge is 2.26. The van der Waals surface area contributed by atoms with Crippen LogP contribution in [0.25, 0.3) is 0 Å². The van der Waals surface area contributed by atoms with Gasteiger partial charge in [-0.1, -0.05) is 0 Å². The Bertz CT molecular complexity index is 728. The van der Waals surface area contributed by atoms with Crippen molar-refractivity contribution in [3.63, 3.8) is 0 Å². The molecule has 1 rings (SSSR count). The largest absolute Gasteiger partial charge is 0.362 e. The molecule has 0 aromatic rings. The Labute approximate surface area is 189 Å². The van der Waals surface area contributed by atoms with Crippen molar-refractivity contribution < 1.29 is 40.6 Å². The van der Waals surface area contributed by atoms with E-state index in [0.717, 1.165) is 0 Å². The number of carbonyl (C=O) groups excluding carboxylic acids is 4. The van der Waals surface area contributed by atoms with Crippen molar-refractivity contribution in [1.29, 1.82) is 0 Å². The van der Waals surface area contributed by atoms with Gasteiger partial charge in [-0.15, -0.1) is 0 Å². The summed E-state index contributed by atoms with van der Waals surface area (Å²) in [5, 5.41) is 3.00. The first-order chi connectivity index (χ1) is 13.6. The van der Waals surface area contributed by atoms with Gasteiger partial charge in [-0.25, -0.2) is 0 Å². The van der Waals surface area contributed by atoms with E-state index < -0.39 is 11.8 Å². The average molecular weight is 463 g/mol. The van der Waals surface area contributed by atoms with Crippen molar-refractivity contribution in [2.45, 2.75) is 20.3 Å². The van der Waals surface area contributed by atoms with Crippen molar-refractivity contribution in [3.05, 3.63) is 22.5 Å². The van der Waals surface area contributed by atoms with Crippen molar-refractivity contribution in [3.8, 4) is 0 Å². The van der Waals surface area contributed by atoms with E-state index in [1.54, 1.807) is 13.8 Å². The molecule has 0 saturated heterocycles. The van der Waals surface area contributed by atoms with Crippen LogP contribution in [0.4, 0.5) is 0 Å². The summed E-state index contributed by atoms with van der Waals surface area (Å²) in [6, 6.07) is 0. The quantitative estimate of drug-likeness (QED) is 0.224.